The molecular formula is C12H19N3O2. The van der Waals surface area contributed by atoms with E-state index >= 15 is 0 Å². The Morgan fingerprint density at radius 1 is 1.71 bits per heavy atom. The minimum absolute atomic E-state index is 0.142. The van der Waals surface area contributed by atoms with Crippen molar-refractivity contribution in [3.8, 4) is 0 Å². The highest BCUT2D eigenvalue weighted by atomic mass is 16.5. The second kappa shape index (κ2) is 4.87. The number of hydrogen-bond acceptors (Lipinski definition) is 4. The van der Waals surface area contributed by atoms with E-state index < -0.39 is 5.54 Å². The number of nitrogens with zero attached hydrogens (tertiary/aromatic N) is 2. The van der Waals surface area contributed by atoms with Crippen molar-refractivity contribution in [2.45, 2.75) is 37.8 Å². The SMILES string of the molecule is CCOC(=O)C1(NC)CCC(n2cccn2)C1. The lowest BCUT2D eigenvalue weighted by Gasteiger charge is -2.26. The van der Waals surface area contributed by atoms with Crippen molar-refractivity contribution in [3.63, 3.8) is 0 Å². The molecule has 5 heteroatoms. The van der Waals surface area contributed by atoms with Gasteiger partial charge in [0.1, 0.15) is 5.54 Å². The zero-order chi connectivity index (χ0) is 12.3. The van der Waals surface area contributed by atoms with Gasteiger partial charge in [0.05, 0.1) is 12.6 Å². The summed E-state index contributed by atoms with van der Waals surface area (Å²) >= 11 is 0. The number of rotatable bonds is 4. The Morgan fingerprint density at radius 2 is 2.53 bits per heavy atom. The maximum Gasteiger partial charge on any atom is 0.326 e. The molecule has 0 spiro atoms. The van der Waals surface area contributed by atoms with Crippen molar-refractivity contribution in [1.29, 1.82) is 0 Å². The largest absolute Gasteiger partial charge is 0.465 e. The zero-order valence-corrected chi connectivity index (χ0v) is 10.3. The van der Waals surface area contributed by atoms with Crippen molar-refractivity contribution < 1.29 is 9.53 Å². The Labute approximate surface area is 101 Å². The van der Waals surface area contributed by atoms with Crippen LogP contribution in [0.2, 0.25) is 0 Å². The summed E-state index contributed by atoms with van der Waals surface area (Å²) in [6.45, 7) is 2.26. The van der Waals surface area contributed by atoms with Crippen LogP contribution in [0.4, 0.5) is 0 Å². The molecule has 0 bridgehead atoms. The third-order valence-electron chi connectivity index (χ3n) is 3.53. The van der Waals surface area contributed by atoms with Crippen LogP contribution in [0.25, 0.3) is 0 Å². The van der Waals surface area contributed by atoms with Crippen molar-refractivity contribution in [2.24, 2.45) is 0 Å². The van der Waals surface area contributed by atoms with Crippen LogP contribution in [0.5, 0.6) is 0 Å². The predicted molar refractivity (Wildman–Crippen MR) is 63.5 cm³/mol. The monoisotopic (exact) mass is 237 g/mol. The van der Waals surface area contributed by atoms with Gasteiger partial charge >= 0.3 is 5.97 Å². The summed E-state index contributed by atoms with van der Waals surface area (Å²) in [6.07, 6.45) is 6.20. The van der Waals surface area contributed by atoms with E-state index in [1.807, 2.05) is 30.9 Å². The fraction of sp³-hybridized carbons (Fsp3) is 0.667. The maximum atomic E-state index is 12.0. The van der Waals surface area contributed by atoms with Gasteiger partial charge in [-0.05, 0) is 39.3 Å². The van der Waals surface area contributed by atoms with Crippen LogP contribution in [0, 0.1) is 0 Å². The van der Waals surface area contributed by atoms with Gasteiger partial charge in [-0.15, -0.1) is 0 Å². The minimum atomic E-state index is -0.535. The molecule has 2 unspecified atom stereocenters. The van der Waals surface area contributed by atoms with Crippen LogP contribution < -0.4 is 5.32 Å². The molecule has 1 N–H and O–H groups in total. The van der Waals surface area contributed by atoms with E-state index in [-0.39, 0.29) is 12.0 Å². The number of ether oxygens (including phenoxy) is 1. The first-order valence-electron chi connectivity index (χ1n) is 6.07. The van der Waals surface area contributed by atoms with Gasteiger partial charge in [-0.2, -0.15) is 5.10 Å². The Balaban J connectivity index is 2.10. The Kier molecular flexibility index (Phi) is 3.47. The highest BCUT2D eigenvalue weighted by molar-refractivity contribution is 5.81. The van der Waals surface area contributed by atoms with Crippen LogP contribution in [-0.4, -0.2) is 34.9 Å². The third kappa shape index (κ3) is 2.20. The fourth-order valence-electron chi connectivity index (χ4n) is 2.53. The highest BCUT2D eigenvalue weighted by Gasteiger charge is 2.46. The predicted octanol–water partition coefficient (Wildman–Crippen LogP) is 1.13. The van der Waals surface area contributed by atoms with Gasteiger partial charge in [0.15, 0.2) is 0 Å². The van der Waals surface area contributed by atoms with E-state index in [4.69, 9.17) is 4.74 Å². The highest BCUT2D eigenvalue weighted by Crippen LogP contribution is 2.37. The summed E-state index contributed by atoms with van der Waals surface area (Å²) in [5.74, 6) is -0.142. The van der Waals surface area contributed by atoms with E-state index in [1.54, 1.807) is 6.20 Å². The lowest BCUT2D eigenvalue weighted by molar-refractivity contribution is -0.150. The number of hydrogen-bond donors (Lipinski definition) is 1. The van der Waals surface area contributed by atoms with Crippen molar-refractivity contribution in [3.05, 3.63) is 18.5 Å². The van der Waals surface area contributed by atoms with E-state index in [1.165, 1.54) is 0 Å². The van der Waals surface area contributed by atoms with Crippen molar-refractivity contribution in [2.75, 3.05) is 13.7 Å². The second-order valence-electron chi connectivity index (χ2n) is 4.44. The van der Waals surface area contributed by atoms with E-state index in [0.717, 1.165) is 19.3 Å². The average Bonchev–Trinajstić information content (AvgIpc) is 2.99. The molecule has 1 aromatic rings. The van der Waals surface area contributed by atoms with Crippen LogP contribution in [-0.2, 0) is 9.53 Å². The first kappa shape index (κ1) is 12.1. The molecule has 0 radical (unpaired) electrons. The standard InChI is InChI=1S/C12H19N3O2/c1-3-17-11(16)12(13-2)6-5-10(9-12)15-8-4-7-14-15/h4,7-8,10,13H,3,5-6,9H2,1-2H3. The fourth-order valence-corrected chi connectivity index (χ4v) is 2.53. The number of carbonyl (C=O) groups is 1. The third-order valence-corrected chi connectivity index (χ3v) is 3.53. The van der Waals surface area contributed by atoms with Gasteiger partial charge < -0.3 is 10.1 Å². The molecule has 5 nitrogen and oxygen atoms in total. The van der Waals surface area contributed by atoms with Crippen molar-refractivity contribution in [1.82, 2.24) is 15.1 Å². The summed E-state index contributed by atoms with van der Waals surface area (Å²) < 4.78 is 7.08. The first-order valence-corrected chi connectivity index (χ1v) is 6.07. The van der Waals surface area contributed by atoms with E-state index in [9.17, 15) is 4.79 Å². The van der Waals surface area contributed by atoms with Gasteiger partial charge in [0, 0.05) is 12.4 Å². The van der Waals surface area contributed by atoms with Gasteiger partial charge in [-0.25, -0.2) is 0 Å². The molecule has 0 amide bonds. The molecule has 1 aliphatic rings. The molecule has 0 saturated heterocycles. The van der Waals surface area contributed by atoms with E-state index in [0.29, 0.717) is 6.61 Å². The lowest BCUT2D eigenvalue weighted by Crippen LogP contribution is -2.49. The summed E-state index contributed by atoms with van der Waals surface area (Å²) in [5.41, 5.74) is -0.535. The summed E-state index contributed by atoms with van der Waals surface area (Å²) in [5, 5.41) is 7.38. The molecule has 0 aromatic carbocycles. The molecule has 17 heavy (non-hydrogen) atoms. The molecule has 1 fully saturated rings. The quantitative estimate of drug-likeness (QED) is 0.798. The minimum Gasteiger partial charge on any atom is -0.465 e. The number of nitrogens with one attached hydrogen (secondary N) is 1. The molecule has 94 valence electrons. The number of likely N-dealkylation sites (N-methyl/N-ethyl adjacent to an activating group) is 1. The summed E-state index contributed by atoms with van der Waals surface area (Å²) in [7, 11) is 1.82. The molecule has 1 aromatic heterocycles. The van der Waals surface area contributed by atoms with Crippen LogP contribution in [0.3, 0.4) is 0 Å². The average molecular weight is 237 g/mol. The van der Waals surface area contributed by atoms with Gasteiger partial charge in [-0.1, -0.05) is 0 Å². The number of carbonyl (C=O) groups excluding carboxylic acids is 1. The van der Waals surface area contributed by atoms with Gasteiger partial charge in [-0.3, -0.25) is 9.48 Å². The topological polar surface area (TPSA) is 56.1 Å². The van der Waals surface area contributed by atoms with Crippen molar-refractivity contribution >= 4 is 5.97 Å². The molecule has 2 atom stereocenters. The molecule has 2 rings (SSSR count). The second-order valence-corrected chi connectivity index (χ2v) is 4.44. The van der Waals surface area contributed by atoms with Crippen LogP contribution >= 0.6 is 0 Å². The number of esters is 1. The van der Waals surface area contributed by atoms with Crippen LogP contribution in [0.1, 0.15) is 32.2 Å². The molecule has 1 aliphatic carbocycles. The molecule has 1 heterocycles. The van der Waals surface area contributed by atoms with E-state index in [2.05, 4.69) is 10.4 Å². The summed E-state index contributed by atoms with van der Waals surface area (Å²) in [6, 6.07) is 2.19. The number of aromatic nitrogens is 2. The Bertz CT molecular complexity index is 377. The summed E-state index contributed by atoms with van der Waals surface area (Å²) in [4.78, 5) is 12.0. The smallest absolute Gasteiger partial charge is 0.326 e. The Hall–Kier alpha value is -1.36. The molecule has 1 saturated carbocycles. The van der Waals surface area contributed by atoms with Crippen LogP contribution in [0.15, 0.2) is 18.5 Å². The normalized spacial score (nSPS) is 28.2. The van der Waals surface area contributed by atoms with Gasteiger partial charge in [0.25, 0.3) is 0 Å². The first-order chi connectivity index (χ1) is 8.22. The Morgan fingerprint density at radius 3 is 3.12 bits per heavy atom. The zero-order valence-electron chi connectivity index (χ0n) is 10.3. The molecule has 0 aliphatic heterocycles. The maximum absolute atomic E-state index is 12.0. The van der Waals surface area contributed by atoms with Gasteiger partial charge in [0.2, 0.25) is 0 Å². The molecular weight excluding hydrogens is 218 g/mol. The lowest BCUT2D eigenvalue weighted by atomic mass is 9.98.